The van der Waals surface area contributed by atoms with E-state index >= 15 is 0 Å². The quantitative estimate of drug-likeness (QED) is 0.772. The molecule has 0 amide bonds. The minimum absolute atomic E-state index is 0.206. The number of aliphatic hydroxyl groups excluding tert-OH is 1. The highest BCUT2D eigenvalue weighted by molar-refractivity contribution is 7.99. The van der Waals surface area contributed by atoms with Gasteiger partial charge in [0.1, 0.15) is 5.82 Å². The van der Waals surface area contributed by atoms with E-state index in [1.165, 1.54) is 12.1 Å². The maximum absolute atomic E-state index is 13.0. The average molecular weight is 381 g/mol. The molecule has 0 aliphatic carbocycles. The average Bonchev–Trinajstić information content (AvgIpc) is 2.62. The van der Waals surface area contributed by atoms with Gasteiger partial charge in [-0.1, -0.05) is 17.7 Å². The minimum atomic E-state index is -0.374. The number of hydrogen-bond acceptors (Lipinski definition) is 4. The van der Waals surface area contributed by atoms with Gasteiger partial charge in [-0.3, -0.25) is 4.90 Å². The molecule has 1 aliphatic rings. The van der Waals surface area contributed by atoms with Crippen molar-refractivity contribution in [3.05, 3.63) is 59.4 Å². The molecule has 0 unspecified atom stereocenters. The fraction of sp³-hybridized carbons (Fsp3) is 0.368. The van der Waals surface area contributed by atoms with Crippen molar-refractivity contribution in [2.75, 3.05) is 43.4 Å². The second-order valence-corrected chi connectivity index (χ2v) is 7.72. The monoisotopic (exact) mass is 380 g/mol. The summed E-state index contributed by atoms with van der Waals surface area (Å²) in [6.45, 7) is 4.25. The third-order valence-corrected chi connectivity index (χ3v) is 5.65. The van der Waals surface area contributed by atoms with Crippen LogP contribution in [0.15, 0.2) is 53.4 Å². The molecule has 0 spiro atoms. The molecular formula is C19H22ClFN2OS. The molecule has 1 fully saturated rings. The summed E-state index contributed by atoms with van der Waals surface area (Å²) in [7, 11) is 0. The van der Waals surface area contributed by atoms with Crippen molar-refractivity contribution in [1.82, 2.24) is 4.90 Å². The van der Waals surface area contributed by atoms with Gasteiger partial charge in [-0.25, -0.2) is 4.39 Å². The molecule has 25 heavy (non-hydrogen) atoms. The normalized spacial score (nSPS) is 16.8. The SMILES string of the molecule is O[C@H](CSc1cccc(Cl)c1)CN1CCN(c2ccc(F)cc2)CC1. The Kier molecular flexibility index (Phi) is 6.59. The molecule has 1 heterocycles. The predicted octanol–water partition coefficient (Wildman–Crippen LogP) is 3.75. The molecule has 0 radical (unpaired) electrons. The van der Waals surface area contributed by atoms with Crippen LogP contribution in [-0.2, 0) is 0 Å². The number of rotatable bonds is 6. The molecule has 2 aromatic carbocycles. The number of piperazine rings is 1. The van der Waals surface area contributed by atoms with E-state index in [1.807, 2.05) is 36.4 Å². The molecule has 0 aromatic heterocycles. The summed E-state index contributed by atoms with van der Waals surface area (Å²) >= 11 is 7.60. The molecule has 3 nitrogen and oxygen atoms in total. The van der Waals surface area contributed by atoms with Crippen LogP contribution < -0.4 is 4.90 Å². The number of aliphatic hydroxyl groups is 1. The van der Waals surface area contributed by atoms with Crippen molar-refractivity contribution < 1.29 is 9.50 Å². The van der Waals surface area contributed by atoms with Gasteiger partial charge in [0.15, 0.2) is 0 Å². The first-order valence-electron chi connectivity index (χ1n) is 8.39. The molecule has 0 bridgehead atoms. The summed E-state index contributed by atoms with van der Waals surface area (Å²) in [6, 6.07) is 14.3. The van der Waals surface area contributed by atoms with Gasteiger partial charge in [0.05, 0.1) is 6.10 Å². The van der Waals surface area contributed by atoms with Gasteiger partial charge in [-0.05, 0) is 42.5 Å². The lowest BCUT2D eigenvalue weighted by Crippen LogP contribution is -2.48. The van der Waals surface area contributed by atoms with Gasteiger partial charge in [0.25, 0.3) is 0 Å². The van der Waals surface area contributed by atoms with E-state index in [4.69, 9.17) is 11.6 Å². The van der Waals surface area contributed by atoms with Gasteiger partial charge in [-0.2, -0.15) is 0 Å². The summed E-state index contributed by atoms with van der Waals surface area (Å²) in [5.74, 6) is 0.445. The maximum atomic E-state index is 13.0. The van der Waals surface area contributed by atoms with Crippen molar-refractivity contribution >= 4 is 29.1 Å². The zero-order chi connectivity index (χ0) is 17.6. The molecule has 1 atom stereocenters. The van der Waals surface area contributed by atoms with Crippen LogP contribution in [0, 0.1) is 5.82 Å². The topological polar surface area (TPSA) is 26.7 Å². The Labute approximate surface area is 157 Å². The van der Waals surface area contributed by atoms with Gasteiger partial charge in [0.2, 0.25) is 0 Å². The lowest BCUT2D eigenvalue weighted by molar-refractivity contribution is 0.126. The second kappa shape index (κ2) is 8.90. The number of β-amino-alcohol motifs (C(OH)–C–C–N with tert-alkyl or cyclic N) is 1. The Morgan fingerprint density at radius 3 is 2.48 bits per heavy atom. The fourth-order valence-electron chi connectivity index (χ4n) is 2.94. The third-order valence-electron chi connectivity index (χ3n) is 4.27. The fourth-order valence-corrected chi connectivity index (χ4v) is 4.07. The molecule has 3 rings (SSSR count). The lowest BCUT2D eigenvalue weighted by Gasteiger charge is -2.36. The van der Waals surface area contributed by atoms with Gasteiger partial charge in [0, 0.05) is 54.1 Å². The van der Waals surface area contributed by atoms with Crippen LogP contribution in [0.3, 0.4) is 0 Å². The highest BCUT2D eigenvalue weighted by atomic mass is 35.5. The predicted molar refractivity (Wildman–Crippen MR) is 103 cm³/mol. The minimum Gasteiger partial charge on any atom is -0.391 e. The van der Waals surface area contributed by atoms with Gasteiger partial charge in [-0.15, -0.1) is 11.8 Å². The van der Waals surface area contributed by atoms with E-state index in [1.54, 1.807) is 11.8 Å². The van der Waals surface area contributed by atoms with Crippen LogP contribution in [0.1, 0.15) is 0 Å². The van der Waals surface area contributed by atoms with Crippen molar-refractivity contribution in [2.45, 2.75) is 11.0 Å². The Balaban J connectivity index is 1.41. The molecule has 0 saturated carbocycles. The van der Waals surface area contributed by atoms with E-state index < -0.39 is 0 Å². The Morgan fingerprint density at radius 2 is 1.80 bits per heavy atom. The Morgan fingerprint density at radius 1 is 1.08 bits per heavy atom. The van der Waals surface area contributed by atoms with E-state index in [0.29, 0.717) is 12.3 Å². The number of hydrogen-bond donors (Lipinski definition) is 1. The standard InChI is InChI=1S/C19H22ClFN2OS/c20-15-2-1-3-19(12-15)25-14-18(24)13-22-8-10-23(11-9-22)17-6-4-16(21)5-7-17/h1-7,12,18,24H,8-11,13-14H2/t18-/m0/s1. The zero-order valence-electron chi connectivity index (χ0n) is 13.9. The van der Waals surface area contributed by atoms with Crippen LogP contribution in [0.2, 0.25) is 5.02 Å². The summed E-state index contributed by atoms with van der Waals surface area (Å²) in [5.41, 5.74) is 1.05. The maximum Gasteiger partial charge on any atom is 0.123 e. The lowest BCUT2D eigenvalue weighted by atomic mass is 10.2. The number of thioether (sulfide) groups is 1. The number of benzene rings is 2. The summed E-state index contributed by atoms with van der Waals surface area (Å²) in [6.07, 6.45) is -0.374. The van der Waals surface area contributed by atoms with Crippen molar-refractivity contribution in [2.24, 2.45) is 0 Å². The van der Waals surface area contributed by atoms with Crippen LogP contribution in [0.4, 0.5) is 10.1 Å². The number of anilines is 1. The molecule has 1 aliphatic heterocycles. The van der Waals surface area contributed by atoms with E-state index in [0.717, 1.165) is 41.8 Å². The smallest absolute Gasteiger partial charge is 0.123 e. The first-order chi connectivity index (χ1) is 12.1. The molecule has 1 saturated heterocycles. The van der Waals surface area contributed by atoms with Crippen LogP contribution in [-0.4, -0.2) is 54.6 Å². The highest BCUT2D eigenvalue weighted by Crippen LogP contribution is 2.23. The highest BCUT2D eigenvalue weighted by Gasteiger charge is 2.19. The van der Waals surface area contributed by atoms with Crippen LogP contribution >= 0.6 is 23.4 Å². The summed E-state index contributed by atoms with van der Waals surface area (Å²) in [4.78, 5) is 5.61. The first kappa shape index (κ1) is 18.5. The molecule has 6 heteroatoms. The summed E-state index contributed by atoms with van der Waals surface area (Å²) < 4.78 is 13.0. The van der Waals surface area contributed by atoms with E-state index in [9.17, 15) is 9.50 Å². The molecular weight excluding hydrogens is 359 g/mol. The number of halogens is 2. The summed E-state index contributed by atoms with van der Waals surface area (Å²) in [5, 5.41) is 11.0. The molecule has 1 N–H and O–H groups in total. The number of nitrogens with zero attached hydrogens (tertiary/aromatic N) is 2. The molecule has 134 valence electrons. The Hall–Kier alpha value is -1.27. The second-order valence-electron chi connectivity index (χ2n) is 6.19. The van der Waals surface area contributed by atoms with Crippen LogP contribution in [0.25, 0.3) is 0 Å². The molecule has 2 aromatic rings. The van der Waals surface area contributed by atoms with Gasteiger partial charge < -0.3 is 10.0 Å². The Bertz CT molecular complexity index is 677. The van der Waals surface area contributed by atoms with Crippen LogP contribution in [0.5, 0.6) is 0 Å². The van der Waals surface area contributed by atoms with Crippen molar-refractivity contribution in [3.8, 4) is 0 Å². The van der Waals surface area contributed by atoms with E-state index in [-0.39, 0.29) is 11.9 Å². The first-order valence-corrected chi connectivity index (χ1v) is 9.76. The van der Waals surface area contributed by atoms with Crippen molar-refractivity contribution in [3.63, 3.8) is 0 Å². The largest absolute Gasteiger partial charge is 0.391 e. The zero-order valence-corrected chi connectivity index (χ0v) is 15.5. The van der Waals surface area contributed by atoms with Crippen molar-refractivity contribution in [1.29, 1.82) is 0 Å². The third kappa shape index (κ3) is 5.61. The van der Waals surface area contributed by atoms with Gasteiger partial charge >= 0.3 is 0 Å². The van der Waals surface area contributed by atoms with E-state index in [2.05, 4.69) is 9.80 Å².